The molecule has 0 radical (unpaired) electrons. The lowest BCUT2D eigenvalue weighted by Gasteiger charge is -2.17. The van der Waals surface area contributed by atoms with Crippen LogP contribution in [0.15, 0.2) is 48.8 Å². The number of carboxylic acids is 1. The van der Waals surface area contributed by atoms with Crippen molar-refractivity contribution in [2.24, 2.45) is 11.7 Å². The number of carboxylic acid groups (broad SMARTS) is 1. The summed E-state index contributed by atoms with van der Waals surface area (Å²) in [7, 11) is 1.57. The number of benzene rings is 2. The molecular formula is C28H35ClN6O5. The van der Waals surface area contributed by atoms with Gasteiger partial charge in [-0.15, -0.1) is 0 Å². The molecule has 0 saturated carbocycles. The lowest BCUT2D eigenvalue weighted by molar-refractivity contribution is -0.142. The van der Waals surface area contributed by atoms with Crippen LogP contribution in [0.4, 0.5) is 23.0 Å². The molecule has 214 valence electrons. The molecule has 0 aliphatic rings. The molecule has 0 aliphatic heterocycles. The van der Waals surface area contributed by atoms with E-state index in [2.05, 4.69) is 25.9 Å². The summed E-state index contributed by atoms with van der Waals surface area (Å²) in [6.07, 6.45) is 2.40. The summed E-state index contributed by atoms with van der Waals surface area (Å²) in [5, 5.41) is 18.9. The molecule has 0 saturated heterocycles. The molecule has 0 aliphatic carbocycles. The van der Waals surface area contributed by atoms with Crippen LogP contribution in [0.1, 0.15) is 32.3 Å². The molecule has 1 amide bonds. The second-order valence-electron chi connectivity index (χ2n) is 9.46. The van der Waals surface area contributed by atoms with Gasteiger partial charge in [0.15, 0.2) is 11.5 Å². The largest absolute Gasteiger partial charge is 0.493 e. The summed E-state index contributed by atoms with van der Waals surface area (Å²) in [6, 6.07) is 11.2. The Labute approximate surface area is 238 Å². The molecule has 2 aromatic carbocycles. The number of nitrogens with two attached hydrogens (primary N) is 1. The highest BCUT2D eigenvalue weighted by atomic mass is 35.5. The minimum Gasteiger partial charge on any atom is -0.493 e. The second-order valence-corrected chi connectivity index (χ2v) is 9.90. The van der Waals surface area contributed by atoms with Gasteiger partial charge in [-0.2, -0.15) is 0 Å². The molecule has 0 unspecified atom stereocenters. The van der Waals surface area contributed by atoms with E-state index >= 15 is 0 Å². The zero-order valence-electron chi connectivity index (χ0n) is 22.7. The van der Waals surface area contributed by atoms with Crippen molar-refractivity contribution < 1.29 is 24.2 Å². The summed E-state index contributed by atoms with van der Waals surface area (Å²) in [4.78, 5) is 32.9. The predicted molar refractivity (Wildman–Crippen MR) is 155 cm³/mol. The van der Waals surface area contributed by atoms with Gasteiger partial charge in [0.25, 0.3) is 0 Å². The normalized spacial score (nSPS) is 11.6. The van der Waals surface area contributed by atoms with Gasteiger partial charge in [0.05, 0.1) is 20.1 Å². The van der Waals surface area contributed by atoms with Crippen molar-refractivity contribution in [2.75, 3.05) is 30.9 Å². The summed E-state index contributed by atoms with van der Waals surface area (Å²) in [5.41, 5.74) is 7.47. The number of amides is 1. The maximum Gasteiger partial charge on any atom is 0.326 e. The van der Waals surface area contributed by atoms with E-state index in [0.717, 1.165) is 5.69 Å². The fourth-order valence-electron chi connectivity index (χ4n) is 3.84. The average molecular weight is 571 g/mol. The number of carbonyl (C=O) groups is 2. The highest BCUT2D eigenvalue weighted by Crippen LogP contribution is 2.32. The Bertz CT molecular complexity index is 1310. The third-order valence-corrected chi connectivity index (χ3v) is 5.97. The van der Waals surface area contributed by atoms with E-state index in [0.29, 0.717) is 65.4 Å². The zero-order valence-corrected chi connectivity index (χ0v) is 23.5. The molecule has 12 heteroatoms. The van der Waals surface area contributed by atoms with Gasteiger partial charge in [0.1, 0.15) is 24.0 Å². The standard InChI is InChI=1S/C28H35ClN6O5/c1-17(2)11-22(28(37)38)35-27(36)12-18-5-6-19(29)13-21(18)34-26-15-25(31-16-32-26)33-20-7-8-23(39-3)24(14-20)40-10-4-9-30/h5-8,13-17,22H,4,9-12,30H2,1-3H3,(H,35,36)(H,37,38)(H2,31,32,33,34)/t22-/m0/s1. The molecule has 1 aromatic heterocycles. The van der Waals surface area contributed by atoms with Crippen LogP contribution < -0.4 is 31.2 Å². The van der Waals surface area contributed by atoms with E-state index in [4.69, 9.17) is 26.8 Å². The fourth-order valence-corrected chi connectivity index (χ4v) is 4.02. The Kier molecular flexibility index (Phi) is 11.3. The fraction of sp³-hybridized carbons (Fsp3) is 0.357. The van der Waals surface area contributed by atoms with Gasteiger partial charge in [-0.05, 0) is 55.1 Å². The number of nitrogens with zero attached hydrogens (tertiary/aromatic N) is 2. The molecule has 0 spiro atoms. The van der Waals surface area contributed by atoms with Crippen molar-refractivity contribution >= 4 is 46.5 Å². The minimum atomic E-state index is -1.07. The molecule has 6 N–H and O–H groups in total. The minimum absolute atomic E-state index is 0.0453. The molecule has 40 heavy (non-hydrogen) atoms. The van der Waals surface area contributed by atoms with Crippen molar-refractivity contribution in [3.05, 3.63) is 59.4 Å². The first-order valence-corrected chi connectivity index (χ1v) is 13.2. The molecule has 1 heterocycles. The van der Waals surface area contributed by atoms with E-state index in [-0.39, 0.29) is 12.3 Å². The predicted octanol–water partition coefficient (Wildman–Crippen LogP) is 4.51. The number of hydrogen-bond acceptors (Lipinski definition) is 9. The van der Waals surface area contributed by atoms with E-state index in [1.165, 1.54) is 6.33 Å². The summed E-state index contributed by atoms with van der Waals surface area (Å²) in [5.74, 6) is 0.782. The number of rotatable bonds is 15. The van der Waals surface area contributed by atoms with Gasteiger partial charge in [-0.1, -0.05) is 31.5 Å². The van der Waals surface area contributed by atoms with E-state index in [9.17, 15) is 14.7 Å². The van der Waals surface area contributed by atoms with E-state index < -0.39 is 17.9 Å². The van der Waals surface area contributed by atoms with Crippen molar-refractivity contribution in [3.63, 3.8) is 0 Å². The van der Waals surface area contributed by atoms with Crippen LogP contribution in [0.3, 0.4) is 0 Å². The van der Waals surface area contributed by atoms with Crippen LogP contribution >= 0.6 is 11.6 Å². The SMILES string of the molecule is COc1ccc(Nc2cc(Nc3cc(Cl)ccc3CC(=O)N[C@@H](CC(C)C)C(=O)O)ncn2)cc1OCCCN. The topological polar surface area (TPSA) is 161 Å². The van der Waals surface area contributed by atoms with Crippen molar-refractivity contribution in [1.82, 2.24) is 15.3 Å². The smallest absolute Gasteiger partial charge is 0.326 e. The lowest BCUT2D eigenvalue weighted by atomic mass is 10.0. The Morgan fingerprint density at radius 3 is 2.48 bits per heavy atom. The highest BCUT2D eigenvalue weighted by molar-refractivity contribution is 6.30. The molecule has 0 bridgehead atoms. The number of anilines is 4. The highest BCUT2D eigenvalue weighted by Gasteiger charge is 2.22. The number of hydrogen-bond donors (Lipinski definition) is 5. The van der Waals surface area contributed by atoms with Gasteiger partial charge < -0.3 is 36.3 Å². The number of aromatic nitrogens is 2. The van der Waals surface area contributed by atoms with Crippen LogP contribution in [0.2, 0.25) is 5.02 Å². The first-order chi connectivity index (χ1) is 19.2. The number of carbonyl (C=O) groups excluding carboxylic acids is 1. The van der Waals surface area contributed by atoms with Crippen molar-refractivity contribution in [2.45, 2.75) is 39.2 Å². The van der Waals surface area contributed by atoms with E-state index in [1.54, 1.807) is 37.4 Å². The zero-order chi connectivity index (χ0) is 29.1. The third kappa shape index (κ3) is 9.28. The third-order valence-electron chi connectivity index (χ3n) is 5.74. The molecule has 3 aromatic rings. The number of aliphatic carboxylic acids is 1. The quantitative estimate of drug-likeness (QED) is 0.164. The Balaban J connectivity index is 1.75. The first-order valence-electron chi connectivity index (χ1n) is 12.9. The summed E-state index contributed by atoms with van der Waals surface area (Å²) in [6.45, 7) is 4.79. The Morgan fingerprint density at radius 2 is 1.80 bits per heavy atom. The van der Waals surface area contributed by atoms with Gasteiger partial charge in [0, 0.05) is 28.5 Å². The Morgan fingerprint density at radius 1 is 1.05 bits per heavy atom. The van der Waals surface area contributed by atoms with Gasteiger partial charge in [-0.25, -0.2) is 14.8 Å². The molecule has 1 atom stereocenters. The molecular weight excluding hydrogens is 536 g/mol. The number of halogens is 1. The van der Waals surface area contributed by atoms with Gasteiger partial charge in [0.2, 0.25) is 5.91 Å². The summed E-state index contributed by atoms with van der Waals surface area (Å²) < 4.78 is 11.2. The Hall–Kier alpha value is -4.09. The van der Waals surface area contributed by atoms with Crippen LogP contribution in [-0.2, 0) is 16.0 Å². The van der Waals surface area contributed by atoms with Gasteiger partial charge >= 0.3 is 5.97 Å². The molecule has 0 fully saturated rings. The van der Waals surface area contributed by atoms with E-state index in [1.807, 2.05) is 26.0 Å². The number of ether oxygens (including phenoxy) is 2. The average Bonchev–Trinajstić information content (AvgIpc) is 2.90. The number of nitrogens with one attached hydrogen (secondary N) is 3. The van der Waals surface area contributed by atoms with Crippen molar-refractivity contribution in [3.8, 4) is 11.5 Å². The first kappa shape index (κ1) is 30.5. The monoisotopic (exact) mass is 570 g/mol. The lowest BCUT2D eigenvalue weighted by Crippen LogP contribution is -2.42. The van der Waals surface area contributed by atoms with Crippen LogP contribution in [0.5, 0.6) is 11.5 Å². The maximum atomic E-state index is 12.7. The van der Waals surface area contributed by atoms with Crippen LogP contribution in [0.25, 0.3) is 0 Å². The molecule has 11 nitrogen and oxygen atoms in total. The van der Waals surface area contributed by atoms with Gasteiger partial charge in [-0.3, -0.25) is 4.79 Å². The van der Waals surface area contributed by atoms with Crippen molar-refractivity contribution in [1.29, 1.82) is 0 Å². The van der Waals surface area contributed by atoms with Crippen LogP contribution in [0, 0.1) is 5.92 Å². The summed E-state index contributed by atoms with van der Waals surface area (Å²) >= 11 is 6.23. The number of methoxy groups -OCH3 is 1. The maximum absolute atomic E-state index is 12.7. The van der Waals surface area contributed by atoms with Crippen LogP contribution in [-0.4, -0.2) is 53.3 Å². The second kappa shape index (κ2) is 14.9. The molecule has 3 rings (SSSR count).